The number of hydrogen-bond donors (Lipinski definition) is 2. The Morgan fingerprint density at radius 2 is 1.90 bits per heavy atom. The highest BCUT2D eigenvalue weighted by atomic mass is 17.0. The van der Waals surface area contributed by atoms with Crippen LogP contribution in [0.3, 0.4) is 0 Å². The summed E-state index contributed by atoms with van der Waals surface area (Å²) in [4.78, 5) is 36.5. The van der Waals surface area contributed by atoms with Gasteiger partial charge in [0.1, 0.15) is 12.2 Å². The van der Waals surface area contributed by atoms with Crippen LogP contribution in [0.1, 0.15) is 0 Å². The number of ether oxygens (including phenoxy) is 3. The molecule has 0 aromatic heterocycles. The SMILES string of the molecule is NC(=O)CNC(=O)O[C@H]1CO[C@@H]2C(O[N+](=O)[O-])CO[C@H]12. The second-order valence-corrected chi connectivity index (χ2v) is 4.23. The predicted molar refractivity (Wildman–Crippen MR) is 58.8 cm³/mol. The first-order valence-corrected chi connectivity index (χ1v) is 5.74. The molecule has 11 heteroatoms. The molecule has 0 saturated carbocycles. The molecule has 0 bridgehead atoms. The molecule has 0 radical (unpaired) electrons. The lowest BCUT2D eigenvalue weighted by molar-refractivity contribution is -0.769. The van der Waals surface area contributed by atoms with Gasteiger partial charge in [-0.3, -0.25) is 4.79 Å². The Kier molecular flexibility index (Phi) is 4.20. The van der Waals surface area contributed by atoms with Gasteiger partial charge in [-0.2, -0.15) is 0 Å². The normalized spacial score (nSPS) is 31.4. The summed E-state index contributed by atoms with van der Waals surface area (Å²) in [7, 11) is 0. The fraction of sp³-hybridized carbons (Fsp3) is 0.778. The van der Waals surface area contributed by atoms with Crippen molar-refractivity contribution < 1.29 is 33.7 Å². The summed E-state index contributed by atoms with van der Waals surface area (Å²) in [5.74, 6) is -0.709. The van der Waals surface area contributed by atoms with Crippen LogP contribution in [0.4, 0.5) is 4.79 Å². The van der Waals surface area contributed by atoms with E-state index in [9.17, 15) is 19.7 Å². The number of hydrogen-bond acceptors (Lipinski definition) is 8. The number of fused-ring (bicyclic) bond motifs is 1. The Morgan fingerprint density at radius 1 is 1.30 bits per heavy atom. The zero-order valence-electron chi connectivity index (χ0n) is 10.2. The van der Waals surface area contributed by atoms with Crippen LogP contribution in [0.15, 0.2) is 0 Å². The number of nitrogens with one attached hydrogen (secondary N) is 1. The molecule has 0 aromatic carbocycles. The fourth-order valence-corrected chi connectivity index (χ4v) is 2.07. The maximum absolute atomic E-state index is 11.4. The van der Waals surface area contributed by atoms with E-state index in [0.717, 1.165) is 0 Å². The van der Waals surface area contributed by atoms with E-state index < -0.39 is 41.5 Å². The van der Waals surface area contributed by atoms with Gasteiger partial charge in [0.25, 0.3) is 5.09 Å². The van der Waals surface area contributed by atoms with Crippen molar-refractivity contribution in [3.8, 4) is 0 Å². The molecular weight excluding hydrogens is 278 g/mol. The van der Waals surface area contributed by atoms with Crippen LogP contribution in [0.5, 0.6) is 0 Å². The number of nitrogens with two attached hydrogens (primary N) is 1. The Balaban J connectivity index is 1.83. The summed E-state index contributed by atoms with van der Waals surface area (Å²) in [6.07, 6.45) is -3.74. The van der Waals surface area contributed by atoms with Crippen molar-refractivity contribution in [2.45, 2.75) is 24.4 Å². The van der Waals surface area contributed by atoms with Gasteiger partial charge in [0.2, 0.25) is 5.91 Å². The zero-order valence-corrected chi connectivity index (χ0v) is 10.2. The average molecular weight is 291 g/mol. The summed E-state index contributed by atoms with van der Waals surface area (Å²) in [5.41, 5.74) is 4.86. The maximum atomic E-state index is 11.4. The molecule has 3 N–H and O–H groups in total. The Morgan fingerprint density at radius 3 is 2.50 bits per heavy atom. The monoisotopic (exact) mass is 291 g/mol. The van der Waals surface area contributed by atoms with Crippen LogP contribution in [-0.4, -0.2) is 61.3 Å². The third kappa shape index (κ3) is 3.24. The number of primary amides is 1. The number of alkyl carbamates (subject to hydrolysis) is 1. The van der Waals surface area contributed by atoms with Gasteiger partial charge in [0.15, 0.2) is 12.2 Å². The van der Waals surface area contributed by atoms with Gasteiger partial charge < -0.3 is 30.1 Å². The van der Waals surface area contributed by atoms with Crippen molar-refractivity contribution in [2.24, 2.45) is 5.73 Å². The smallest absolute Gasteiger partial charge is 0.408 e. The van der Waals surface area contributed by atoms with Crippen molar-refractivity contribution in [1.82, 2.24) is 5.32 Å². The molecule has 0 aliphatic carbocycles. The molecule has 2 saturated heterocycles. The third-order valence-corrected chi connectivity index (χ3v) is 2.85. The van der Waals surface area contributed by atoms with E-state index in [2.05, 4.69) is 10.2 Å². The van der Waals surface area contributed by atoms with E-state index in [0.29, 0.717) is 0 Å². The molecule has 0 spiro atoms. The number of carbonyl (C=O) groups is 2. The Labute approximate surface area is 112 Å². The zero-order chi connectivity index (χ0) is 14.7. The van der Waals surface area contributed by atoms with Crippen molar-refractivity contribution in [1.29, 1.82) is 0 Å². The average Bonchev–Trinajstić information content (AvgIpc) is 2.91. The molecule has 4 atom stereocenters. The number of carbonyl (C=O) groups excluding carboxylic acids is 2. The first kappa shape index (κ1) is 14.3. The van der Waals surface area contributed by atoms with Gasteiger partial charge in [-0.25, -0.2) is 4.79 Å². The summed E-state index contributed by atoms with van der Waals surface area (Å²) in [6.45, 7) is -0.357. The molecule has 2 amide bonds. The van der Waals surface area contributed by atoms with Gasteiger partial charge in [-0.1, -0.05) is 0 Å². The Hall–Kier alpha value is -2.14. The highest BCUT2D eigenvalue weighted by Gasteiger charge is 2.51. The topological polar surface area (TPSA) is 152 Å². The van der Waals surface area contributed by atoms with Crippen molar-refractivity contribution in [3.05, 3.63) is 10.1 Å². The molecule has 2 heterocycles. The van der Waals surface area contributed by atoms with Crippen LogP contribution < -0.4 is 11.1 Å². The standard InChI is InChI=1S/C9H13N3O8/c10-6(13)1-11-9(14)19-4-2-17-8-5(20-12(15)16)3-18-7(4)8/h4-5,7-8H,1-3H2,(H2,10,13)(H,11,14)/t4-,5?,7+,8+/m0/s1. The minimum absolute atomic E-state index is 0.0247. The van der Waals surface area contributed by atoms with Crippen LogP contribution in [-0.2, 0) is 23.8 Å². The lowest BCUT2D eigenvalue weighted by Crippen LogP contribution is -2.40. The molecule has 2 aliphatic heterocycles. The van der Waals surface area contributed by atoms with E-state index in [1.54, 1.807) is 0 Å². The van der Waals surface area contributed by atoms with Gasteiger partial charge in [0, 0.05) is 0 Å². The molecule has 112 valence electrons. The van der Waals surface area contributed by atoms with Gasteiger partial charge in [-0.15, -0.1) is 10.1 Å². The molecular formula is C9H13N3O8. The molecule has 20 heavy (non-hydrogen) atoms. The van der Waals surface area contributed by atoms with Crippen molar-refractivity contribution >= 4 is 12.0 Å². The van der Waals surface area contributed by atoms with Crippen LogP contribution >= 0.6 is 0 Å². The third-order valence-electron chi connectivity index (χ3n) is 2.85. The molecule has 2 fully saturated rings. The van der Waals surface area contributed by atoms with E-state index >= 15 is 0 Å². The van der Waals surface area contributed by atoms with Gasteiger partial charge in [0.05, 0.1) is 19.8 Å². The number of amides is 2. The molecule has 1 unspecified atom stereocenters. The lowest BCUT2D eigenvalue weighted by Gasteiger charge is -2.16. The summed E-state index contributed by atoms with van der Waals surface area (Å²) in [5, 5.41) is 11.5. The van der Waals surface area contributed by atoms with E-state index in [1.165, 1.54) is 0 Å². The van der Waals surface area contributed by atoms with Crippen molar-refractivity contribution in [2.75, 3.05) is 19.8 Å². The first-order chi connectivity index (χ1) is 9.47. The molecule has 2 aliphatic rings. The fourth-order valence-electron chi connectivity index (χ4n) is 2.07. The summed E-state index contributed by atoms with van der Waals surface area (Å²) >= 11 is 0. The number of nitrogens with zero attached hydrogens (tertiary/aromatic N) is 1. The van der Waals surface area contributed by atoms with Gasteiger partial charge in [-0.05, 0) is 0 Å². The Bertz CT molecular complexity index is 416. The summed E-state index contributed by atoms with van der Waals surface area (Å²) < 4.78 is 15.6. The van der Waals surface area contributed by atoms with Gasteiger partial charge >= 0.3 is 6.09 Å². The van der Waals surface area contributed by atoms with E-state index in [-0.39, 0.29) is 19.8 Å². The maximum Gasteiger partial charge on any atom is 0.408 e. The quantitative estimate of drug-likeness (QED) is 0.433. The van der Waals surface area contributed by atoms with Crippen molar-refractivity contribution in [3.63, 3.8) is 0 Å². The minimum Gasteiger partial charge on any atom is -0.441 e. The molecule has 11 nitrogen and oxygen atoms in total. The second-order valence-electron chi connectivity index (χ2n) is 4.23. The highest BCUT2D eigenvalue weighted by molar-refractivity contribution is 5.80. The predicted octanol–water partition coefficient (Wildman–Crippen LogP) is -2.06. The highest BCUT2D eigenvalue weighted by Crippen LogP contribution is 2.30. The summed E-state index contributed by atoms with van der Waals surface area (Å²) in [6, 6.07) is 0. The second kappa shape index (κ2) is 5.88. The molecule has 2 rings (SSSR count). The van der Waals surface area contributed by atoms with E-state index in [1.807, 2.05) is 0 Å². The number of rotatable bonds is 5. The largest absolute Gasteiger partial charge is 0.441 e. The van der Waals surface area contributed by atoms with E-state index in [4.69, 9.17) is 19.9 Å². The van der Waals surface area contributed by atoms with Crippen LogP contribution in [0.25, 0.3) is 0 Å². The lowest BCUT2D eigenvalue weighted by atomic mass is 10.1. The first-order valence-electron chi connectivity index (χ1n) is 5.74. The van der Waals surface area contributed by atoms with Crippen LogP contribution in [0.2, 0.25) is 0 Å². The van der Waals surface area contributed by atoms with Crippen LogP contribution in [0, 0.1) is 10.1 Å². The minimum atomic E-state index is -0.923. The molecule has 0 aromatic rings.